The Morgan fingerprint density at radius 3 is 2.93 bits per heavy atom. The molecule has 1 aromatic heterocycles. The number of fused-ring (bicyclic) bond motifs is 1. The van der Waals surface area contributed by atoms with Crippen LogP contribution in [0.5, 0.6) is 0 Å². The molecule has 1 atom stereocenters. The van der Waals surface area contributed by atoms with Crippen LogP contribution in [0.15, 0.2) is 24.3 Å². The molecule has 5 heteroatoms. The fourth-order valence-corrected chi connectivity index (χ4v) is 1.43. The van der Waals surface area contributed by atoms with Crippen LogP contribution in [-0.2, 0) is 4.79 Å². The van der Waals surface area contributed by atoms with Crippen molar-refractivity contribution in [2.45, 2.75) is 12.5 Å². The minimum Gasteiger partial charge on any atom is -0.481 e. The second-order valence-corrected chi connectivity index (χ2v) is 3.34. The number of benzene rings is 1. The summed E-state index contributed by atoms with van der Waals surface area (Å²) in [6.45, 7) is 0. The van der Waals surface area contributed by atoms with E-state index >= 15 is 0 Å². The third-order valence-corrected chi connectivity index (χ3v) is 2.15. The number of aromatic nitrogens is 2. The van der Waals surface area contributed by atoms with E-state index in [1.165, 1.54) is 0 Å². The van der Waals surface area contributed by atoms with Crippen molar-refractivity contribution in [3.63, 3.8) is 0 Å². The summed E-state index contributed by atoms with van der Waals surface area (Å²) in [5.41, 5.74) is 7.35. The van der Waals surface area contributed by atoms with Crippen LogP contribution in [0.25, 0.3) is 11.0 Å². The topological polar surface area (TPSA) is 92.0 Å². The zero-order valence-electron chi connectivity index (χ0n) is 7.97. The van der Waals surface area contributed by atoms with Gasteiger partial charge < -0.3 is 15.8 Å². The molecule has 0 amide bonds. The van der Waals surface area contributed by atoms with E-state index in [0.717, 1.165) is 11.0 Å². The van der Waals surface area contributed by atoms with Gasteiger partial charge >= 0.3 is 5.97 Å². The monoisotopic (exact) mass is 205 g/mol. The van der Waals surface area contributed by atoms with E-state index in [4.69, 9.17) is 10.8 Å². The molecule has 0 bridgehead atoms. The second kappa shape index (κ2) is 3.70. The first-order valence-corrected chi connectivity index (χ1v) is 4.59. The first kappa shape index (κ1) is 9.67. The van der Waals surface area contributed by atoms with Crippen molar-refractivity contribution >= 4 is 17.0 Å². The summed E-state index contributed by atoms with van der Waals surface area (Å²) in [6.07, 6.45) is -0.125. The molecule has 4 N–H and O–H groups in total. The van der Waals surface area contributed by atoms with E-state index in [0.29, 0.717) is 5.82 Å². The lowest BCUT2D eigenvalue weighted by atomic mass is 10.2. The molecule has 0 aliphatic heterocycles. The van der Waals surface area contributed by atoms with E-state index < -0.39 is 12.0 Å². The molecule has 78 valence electrons. The average molecular weight is 205 g/mol. The number of H-pyrrole nitrogens is 1. The standard InChI is InChI=1S/C10H11N3O2/c11-6(5-9(14)15)10-12-7-3-1-2-4-8(7)13-10/h1-4,6H,5,11H2,(H,12,13)(H,14,15)/t6-/m0/s1. The van der Waals surface area contributed by atoms with Gasteiger partial charge in [-0.15, -0.1) is 0 Å². The largest absolute Gasteiger partial charge is 0.481 e. The zero-order valence-corrected chi connectivity index (χ0v) is 7.97. The van der Waals surface area contributed by atoms with Crippen molar-refractivity contribution in [2.24, 2.45) is 5.73 Å². The van der Waals surface area contributed by atoms with E-state index in [1.807, 2.05) is 24.3 Å². The number of hydrogen-bond acceptors (Lipinski definition) is 3. The quantitative estimate of drug-likeness (QED) is 0.698. The van der Waals surface area contributed by atoms with E-state index in [1.54, 1.807) is 0 Å². The fraction of sp³-hybridized carbons (Fsp3) is 0.200. The lowest BCUT2D eigenvalue weighted by molar-refractivity contribution is -0.137. The number of nitrogens with one attached hydrogen (secondary N) is 1. The van der Waals surface area contributed by atoms with Crippen molar-refractivity contribution in [3.8, 4) is 0 Å². The highest BCUT2D eigenvalue weighted by Gasteiger charge is 2.14. The number of rotatable bonds is 3. The third kappa shape index (κ3) is 1.97. The number of carboxylic acids is 1. The molecule has 15 heavy (non-hydrogen) atoms. The predicted molar refractivity (Wildman–Crippen MR) is 55.3 cm³/mol. The first-order chi connectivity index (χ1) is 7.16. The van der Waals surface area contributed by atoms with Gasteiger partial charge in [0, 0.05) is 0 Å². The highest BCUT2D eigenvalue weighted by molar-refractivity contribution is 5.75. The predicted octanol–water partition coefficient (Wildman–Crippen LogP) is 1.04. The number of imidazole rings is 1. The Hall–Kier alpha value is -1.88. The summed E-state index contributed by atoms with van der Waals surface area (Å²) in [5.74, 6) is -0.415. The molecule has 2 rings (SSSR count). The molecule has 0 fully saturated rings. The molecule has 0 aliphatic rings. The van der Waals surface area contributed by atoms with Crippen LogP contribution in [0.2, 0.25) is 0 Å². The number of hydrogen-bond donors (Lipinski definition) is 3. The normalized spacial score (nSPS) is 12.9. The van der Waals surface area contributed by atoms with E-state index in [9.17, 15) is 4.79 Å². The van der Waals surface area contributed by atoms with Gasteiger partial charge in [0.05, 0.1) is 23.5 Å². The van der Waals surface area contributed by atoms with Crippen LogP contribution in [0.1, 0.15) is 18.3 Å². The van der Waals surface area contributed by atoms with Crippen molar-refractivity contribution in [1.29, 1.82) is 0 Å². The Morgan fingerprint density at radius 2 is 2.27 bits per heavy atom. The summed E-state index contributed by atoms with van der Waals surface area (Å²) >= 11 is 0. The van der Waals surface area contributed by atoms with Crippen molar-refractivity contribution in [1.82, 2.24) is 9.97 Å². The highest BCUT2D eigenvalue weighted by Crippen LogP contribution is 2.16. The summed E-state index contributed by atoms with van der Waals surface area (Å²) in [4.78, 5) is 17.7. The van der Waals surface area contributed by atoms with E-state index in [2.05, 4.69) is 9.97 Å². The van der Waals surface area contributed by atoms with Crippen molar-refractivity contribution in [3.05, 3.63) is 30.1 Å². The highest BCUT2D eigenvalue weighted by atomic mass is 16.4. The molecular weight excluding hydrogens is 194 g/mol. The summed E-state index contributed by atoms with van der Waals surface area (Å²) < 4.78 is 0. The number of carbonyl (C=O) groups is 1. The molecule has 0 unspecified atom stereocenters. The van der Waals surface area contributed by atoms with Gasteiger partial charge in [-0.1, -0.05) is 12.1 Å². The number of para-hydroxylation sites is 2. The maximum atomic E-state index is 10.5. The Labute approximate surface area is 85.9 Å². The SMILES string of the molecule is N[C@@H](CC(=O)O)c1nc2ccccc2[nH]1. The first-order valence-electron chi connectivity index (χ1n) is 4.59. The van der Waals surface area contributed by atoms with Gasteiger partial charge in [0.1, 0.15) is 5.82 Å². The Morgan fingerprint density at radius 1 is 1.53 bits per heavy atom. The Kier molecular flexibility index (Phi) is 2.39. The van der Waals surface area contributed by atoms with Crippen LogP contribution in [0, 0.1) is 0 Å². The Balaban J connectivity index is 2.32. The molecule has 0 aliphatic carbocycles. The van der Waals surface area contributed by atoms with Crippen molar-refractivity contribution in [2.75, 3.05) is 0 Å². The lowest BCUT2D eigenvalue weighted by Crippen LogP contribution is -2.16. The molecular formula is C10H11N3O2. The number of aliphatic carboxylic acids is 1. The summed E-state index contributed by atoms with van der Waals surface area (Å²) in [7, 11) is 0. The van der Waals surface area contributed by atoms with Crippen LogP contribution in [0.3, 0.4) is 0 Å². The number of nitrogens with zero attached hydrogens (tertiary/aromatic N) is 1. The van der Waals surface area contributed by atoms with Crippen LogP contribution < -0.4 is 5.73 Å². The van der Waals surface area contributed by atoms with Gasteiger partial charge in [-0.05, 0) is 12.1 Å². The minimum atomic E-state index is -0.928. The van der Waals surface area contributed by atoms with Gasteiger partial charge in [0.2, 0.25) is 0 Å². The smallest absolute Gasteiger partial charge is 0.305 e. The van der Waals surface area contributed by atoms with Crippen LogP contribution in [0.4, 0.5) is 0 Å². The summed E-state index contributed by atoms with van der Waals surface area (Å²) in [6, 6.07) is 6.89. The maximum Gasteiger partial charge on any atom is 0.305 e. The molecule has 5 nitrogen and oxygen atoms in total. The second-order valence-electron chi connectivity index (χ2n) is 3.34. The van der Waals surface area contributed by atoms with Gasteiger partial charge in [-0.3, -0.25) is 4.79 Å². The Bertz CT molecular complexity index is 459. The molecule has 2 aromatic rings. The van der Waals surface area contributed by atoms with Gasteiger partial charge in [0.25, 0.3) is 0 Å². The minimum absolute atomic E-state index is 0.125. The average Bonchev–Trinajstić information content (AvgIpc) is 2.59. The van der Waals surface area contributed by atoms with E-state index in [-0.39, 0.29) is 6.42 Å². The van der Waals surface area contributed by atoms with Crippen molar-refractivity contribution < 1.29 is 9.90 Å². The van der Waals surface area contributed by atoms with Crippen LogP contribution >= 0.6 is 0 Å². The molecule has 0 spiro atoms. The molecule has 0 radical (unpaired) electrons. The van der Waals surface area contributed by atoms with Gasteiger partial charge in [-0.25, -0.2) is 4.98 Å². The molecule has 1 aromatic carbocycles. The number of nitrogens with two attached hydrogens (primary N) is 1. The third-order valence-electron chi connectivity index (χ3n) is 2.15. The number of carboxylic acid groups (broad SMARTS) is 1. The molecule has 0 saturated carbocycles. The molecule has 0 saturated heterocycles. The fourth-order valence-electron chi connectivity index (χ4n) is 1.43. The number of aromatic amines is 1. The maximum absolute atomic E-state index is 10.5. The van der Waals surface area contributed by atoms with Gasteiger partial charge in [0.15, 0.2) is 0 Å². The lowest BCUT2D eigenvalue weighted by Gasteiger charge is -2.03. The zero-order chi connectivity index (χ0) is 10.8. The van der Waals surface area contributed by atoms with Gasteiger partial charge in [-0.2, -0.15) is 0 Å². The van der Waals surface area contributed by atoms with Crippen LogP contribution in [-0.4, -0.2) is 21.0 Å². The summed E-state index contributed by atoms with van der Waals surface area (Å²) in [5, 5.41) is 8.60. The molecule has 1 heterocycles.